The highest BCUT2D eigenvalue weighted by atomic mass is 35.5. The highest BCUT2D eigenvalue weighted by Crippen LogP contribution is 2.37. The van der Waals surface area contributed by atoms with Crippen molar-refractivity contribution < 1.29 is 19.0 Å². The third-order valence-corrected chi connectivity index (χ3v) is 6.91. The summed E-state index contributed by atoms with van der Waals surface area (Å²) in [6, 6.07) is 11.6. The Hall–Kier alpha value is -2.87. The van der Waals surface area contributed by atoms with Crippen LogP contribution in [0.4, 0.5) is 10.2 Å². The topological polar surface area (TPSA) is 88.7 Å². The molecule has 6 nitrogen and oxygen atoms in total. The first-order chi connectivity index (χ1) is 16.8. The van der Waals surface area contributed by atoms with Crippen molar-refractivity contribution in [2.75, 3.05) is 25.4 Å². The Kier molecular flexibility index (Phi) is 7.79. The minimum atomic E-state index is -0.683. The maximum atomic E-state index is 13.9. The molecule has 2 aromatic carbocycles. The first kappa shape index (κ1) is 25.2. The van der Waals surface area contributed by atoms with E-state index in [1.807, 2.05) is 12.1 Å². The summed E-state index contributed by atoms with van der Waals surface area (Å²) in [5, 5.41) is 9.61. The van der Waals surface area contributed by atoms with Crippen LogP contribution in [0.15, 0.2) is 48.7 Å². The normalized spacial score (nSPS) is 16.7. The molecule has 1 aliphatic heterocycles. The highest BCUT2D eigenvalue weighted by molar-refractivity contribution is 6.36. The van der Waals surface area contributed by atoms with Crippen LogP contribution in [-0.2, 0) is 0 Å². The number of piperidine rings is 1. The van der Waals surface area contributed by atoms with E-state index in [0.717, 1.165) is 24.0 Å². The second-order valence-electron chi connectivity index (χ2n) is 8.64. The number of aromatic nitrogens is 1. The monoisotopic (exact) mass is 517 g/mol. The zero-order valence-corrected chi connectivity index (χ0v) is 20.7. The lowest BCUT2D eigenvalue weighted by Gasteiger charge is -2.32. The largest absolute Gasteiger partial charge is 0.482 e. The second-order valence-corrected chi connectivity index (χ2v) is 9.43. The standard InChI is InChI=1S/C26H26Cl2FN3O3/c1-15(23-20(27)8-9-21(29)24(23)28)35-22-11-19(12-31-25(22)30)17-4-6-18(7-5-17)26(34)32-10-2-3-16(13-32)14-33/h4-9,11-12,15-16,33H,2-3,10,13-14H2,1H3,(H2,30,31)/t15-,16-/m0/s1. The fourth-order valence-corrected chi connectivity index (χ4v) is 4.94. The fraction of sp³-hybridized carbons (Fsp3) is 0.308. The van der Waals surface area contributed by atoms with Gasteiger partial charge in [0, 0.05) is 47.6 Å². The Bertz CT molecular complexity index is 1220. The molecular weight excluding hydrogens is 492 g/mol. The lowest BCUT2D eigenvalue weighted by molar-refractivity contribution is 0.0620. The van der Waals surface area contributed by atoms with Gasteiger partial charge in [-0.2, -0.15) is 0 Å². The molecule has 0 spiro atoms. The Balaban J connectivity index is 1.53. The number of anilines is 1. The van der Waals surface area contributed by atoms with Gasteiger partial charge in [-0.05, 0) is 61.6 Å². The minimum Gasteiger partial charge on any atom is -0.482 e. The van der Waals surface area contributed by atoms with E-state index in [4.69, 9.17) is 33.7 Å². The van der Waals surface area contributed by atoms with E-state index in [0.29, 0.717) is 30.0 Å². The van der Waals surface area contributed by atoms with Gasteiger partial charge < -0.3 is 20.5 Å². The van der Waals surface area contributed by atoms with Gasteiger partial charge in [-0.15, -0.1) is 0 Å². The first-order valence-corrected chi connectivity index (χ1v) is 12.1. The van der Waals surface area contributed by atoms with Crippen LogP contribution in [0.3, 0.4) is 0 Å². The van der Waals surface area contributed by atoms with Crippen molar-refractivity contribution in [2.24, 2.45) is 5.92 Å². The number of aliphatic hydroxyl groups is 1. The Morgan fingerprint density at radius 2 is 2.00 bits per heavy atom. The average molecular weight is 518 g/mol. The number of aliphatic hydroxyl groups excluding tert-OH is 1. The number of carbonyl (C=O) groups excluding carboxylic acids is 1. The minimum absolute atomic E-state index is 0.0492. The zero-order valence-electron chi connectivity index (χ0n) is 19.2. The molecule has 2 atom stereocenters. The zero-order chi connectivity index (χ0) is 25.1. The van der Waals surface area contributed by atoms with Crippen LogP contribution in [-0.4, -0.2) is 40.6 Å². The van der Waals surface area contributed by atoms with Crippen LogP contribution in [0.25, 0.3) is 11.1 Å². The van der Waals surface area contributed by atoms with Gasteiger partial charge in [0.2, 0.25) is 0 Å². The molecule has 9 heteroatoms. The van der Waals surface area contributed by atoms with Crippen molar-refractivity contribution >= 4 is 34.9 Å². The third kappa shape index (κ3) is 5.53. The van der Waals surface area contributed by atoms with E-state index >= 15 is 0 Å². The van der Waals surface area contributed by atoms with Crippen molar-refractivity contribution in [2.45, 2.75) is 25.9 Å². The third-order valence-electron chi connectivity index (χ3n) is 6.20. The number of hydrogen-bond donors (Lipinski definition) is 2. The highest BCUT2D eigenvalue weighted by Gasteiger charge is 2.24. The van der Waals surface area contributed by atoms with E-state index in [1.165, 1.54) is 12.1 Å². The molecule has 1 fully saturated rings. The van der Waals surface area contributed by atoms with Crippen molar-refractivity contribution in [1.82, 2.24) is 9.88 Å². The number of carbonyl (C=O) groups is 1. The molecule has 3 aromatic rings. The summed E-state index contributed by atoms with van der Waals surface area (Å²) in [5.41, 5.74) is 8.48. The molecule has 35 heavy (non-hydrogen) atoms. The number of likely N-dealkylation sites (tertiary alicyclic amines) is 1. The van der Waals surface area contributed by atoms with E-state index in [2.05, 4.69) is 4.98 Å². The number of ether oxygens (including phenoxy) is 1. The number of rotatable bonds is 6. The van der Waals surface area contributed by atoms with E-state index in [-0.39, 0.29) is 34.3 Å². The molecule has 0 radical (unpaired) electrons. The molecule has 2 heterocycles. The number of nitrogens with two attached hydrogens (primary N) is 1. The smallest absolute Gasteiger partial charge is 0.253 e. The summed E-state index contributed by atoms with van der Waals surface area (Å²) in [7, 11) is 0. The predicted molar refractivity (Wildman–Crippen MR) is 135 cm³/mol. The molecule has 184 valence electrons. The molecule has 4 rings (SSSR count). The van der Waals surface area contributed by atoms with Gasteiger partial charge >= 0.3 is 0 Å². The predicted octanol–water partition coefficient (Wildman–Crippen LogP) is 5.76. The Labute approximate surface area is 213 Å². The van der Waals surface area contributed by atoms with E-state index < -0.39 is 11.9 Å². The summed E-state index contributed by atoms with van der Waals surface area (Å²) in [4.78, 5) is 18.9. The summed E-state index contributed by atoms with van der Waals surface area (Å²) in [5.74, 6) is -0.0421. The van der Waals surface area contributed by atoms with Gasteiger partial charge in [-0.1, -0.05) is 35.3 Å². The molecule has 1 amide bonds. The second kappa shape index (κ2) is 10.8. The molecule has 0 bridgehead atoms. The van der Waals surface area contributed by atoms with Crippen LogP contribution in [0, 0.1) is 11.7 Å². The molecule has 0 aliphatic carbocycles. The molecular formula is C26H26Cl2FN3O3. The fourth-order valence-electron chi connectivity index (χ4n) is 4.26. The SMILES string of the molecule is C[C@H](Oc1cc(-c2ccc(C(=O)N3CCC[C@H](CO)C3)cc2)cnc1N)c1c(Cl)ccc(F)c1Cl. The lowest BCUT2D eigenvalue weighted by Crippen LogP contribution is -2.40. The van der Waals surface area contributed by atoms with Crippen molar-refractivity contribution in [3.05, 3.63) is 75.7 Å². The van der Waals surface area contributed by atoms with Gasteiger partial charge in [0.25, 0.3) is 5.91 Å². The molecule has 1 aliphatic rings. The van der Waals surface area contributed by atoms with Gasteiger partial charge in [-0.25, -0.2) is 9.37 Å². The van der Waals surface area contributed by atoms with Crippen LogP contribution in [0.5, 0.6) is 5.75 Å². The molecule has 1 aromatic heterocycles. The first-order valence-electron chi connectivity index (χ1n) is 11.3. The summed E-state index contributed by atoms with van der Waals surface area (Å²) >= 11 is 12.3. The van der Waals surface area contributed by atoms with Crippen LogP contribution >= 0.6 is 23.2 Å². The number of nitrogen functional groups attached to an aromatic ring is 1. The van der Waals surface area contributed by atoms with Crippen LogP contribution in [0.1, 0.15) is 41.8 Å². The number of halogens is 3. The van der Waals surface area contributed by atoms with E-state index in [9.17, 15) is 14.3 Å². The lowest BCUT2D eigenvalue weighted by atomic mass is 9.98. The average Bonchev–Trinajstić information content (AvgIpc) is 2.87. The number of hydrogen-bond acceptors (Lipinski definition) is 5. The maximum absolute atomic E-state index is 13.9. The van der Waals surface area contributed by atoms with Crippen LogP contribution < -0.4 is 10.5 Å². The number of benzene rings is 2. The Morgan fingerprint density at radius 3 is 2.71 bits per heavy atom. The van der Waals surface area contributed by atoms with Crippen molar-refractivity contribution in [3.63, 3.8) is 0 Å². The summed E-state index contributed by atoms with van der Waals surface area (Å²) in [6.07, 6.45) is 2.75. The quantitative estimate of drug-likeness (QED) is 0.405. The van der Waals surface area contributed by atoms with Gasteiger partial charge in [0.15, 0.2) is 11.6 Å². The molecule has 1 saturated heterocycles. The van der Waals surface area contributed by atoms with Gasteiger partial charge in [0.1, 0.15) is 11.9 Å². The van der Waals surface area contributed by atoms with Crippen molar-refractivity contribution in [3.8, 4) is 16.9 Å². The van der Waals surface area contributed by atoms with Gasteiger partial charge in [-0.3, -0.25) is 4.79 Å². The van der Waals surface area contributed by atoms with Crippen molar-refractivity contribution in [1.29, 1.82) is 0 Å². The van der Waals surface area contributed by atoms with Gasteiger partial charge in [0.05, 0.1) is 5.02 Å². The summed E-state index contributed by atoms with van der Waals surface area (Å²) in [6.45, 7) is 3.04. The van der Waals surface area contributed by atoms with E-state index in [1.54, 1.807) is 36.2 Å². The molecule has 3 N–H and O–H groups in total. The number of nitrogens with zero attached hydrogens (tertiary/aromatic N) is 2. The summed E-state index contributed by atoms with van der Waals surface area (Å²) < 4.78 is 19.9. The maximum Gasteiger partial charge on any atom is 0.253 e. The Morgan fingerprint density at radius 1 is 1.26 bits per heavy atom. The number of pyridine rings is 1. The molecule has 0 saturated carbocycles. The van der Waals surface area contributed by atoms with Crippen LogP contribution in [0.2, 0.25) is 10.0 Å². The number of amides is 1. The molecule has 0 unspecified atom stereocenters.